The van der Waals surface area contributed by atoms with Gasteiger partial charge in [-0.1, -0.05) is 37.3 Å². The normalized spacial score (nSPS) is 21.5. The quantitative estimate of drug-likeness (QED) is 0.733. The van der Waals surface area contributed by atoms with Crippen molar-refractivity contribution in [3.05, 3.63) is 35.9 Å². The molecular weight excluding hydrogens is 260 g/mol. The minimum Gasteiger partial charge on any atom is -0.394 e. The number of nitrogens with zero attached hydrogens (tertiary/aromatic N) is 1. The van der Waals surface area contributed by atoms with E-state index in [2.05, 4.69) is 41.4 Å². The Hall–Kier alpha value is -0.900. The molecule has 1 atom stereocenters. The Morgan fingerprint density at radius 3 is 2.43 bits per heavy atom. The van der Waals surface area contributed by atoms with Gasteiger partial charge < -0.3 is 10.4 Å². The molecule has 2 saturated carbocycles. The lowest BCUT2D eigenvalue weighted by molar-refractivity contribution is 0.100. The van der Waals surface area contributed by atoms with E-state index in [9.17, 15) is 5.11 Å². The van der Waals surface area contributed by atoms with Gasteiger partial charge in [0.05, 0.1) is 12.1 Å². The van der Waals surface area contributed by atoms with E-state index in [1.807, 2.05) is 6.07 Å². The molecule has 1 aromatic carbocycles. The van der Waals surface area contributed by atoms with E-state index in [4.69, 9.17) is 0 Å². The monoisotopic (exact) mass is 288 g/mol. The van der Waals surface area contributed by atoms with Gasteiger partial charge in [-0.3, -0.25) is 4.90 Å². The van der Waals surface area contributed by atoms with E-state index in [1.54, 1.807) is 0 Å². The first-order chi connectivity index (χ1) is 10.3. The van der Waals surface area contributed by atoms with E-state index in [1.165, 1.54) is 37.7 Å². The van der Waals surface area contributed by atoms with Crippen molar-refractivity contribution < 1.29 is 5.11 Å². The van der Waals surface area contributed by atoms with Gasteiger partial charge in [0.2, 0.25) is 0 Å². The van der Waals surface area contributed by atoms with Crippen molar-refractivity contribution in [2.75, 3.05) is 19.7 Å². The summed E-state index contributed by atoms with van der Waals surface area (Å²) in [5, 5.41) is 14.0. The van der Waals surface area contributed by atoms with Crippen molar-refractivity contribution in [1.82, 2.24) is 10.2 Å². The standard InChI is InChI=1S/C18H28N2O/c1-2-12-20(17-10-11-17)13-18(14-21,19-16-8-9-16)15-6-4-3-5-7-15/h3-7,16-17,19,21H,2,8-14H2,1H3. The molecule has 2 fully saturated rings. The fourth-order valence-electron chi connectivity index (χ4n) is 3.25. The average molecular weight is 288 g/mol. The highest BCUT2D eigenvalue weighted by atomic mass is 16.3. The summed E-state index contributed by atoms with van der Waals surface area (Å²) in [6, 6.07) is 11.8. The van der Waals surface area contributed by atoms with E-state index < -0.39 is 0 Å². The lowest BCUT2D eigenvalue weighted by Crippen LogP contribution is -2.55. The van der Waals surface area contributed by atoms with E-state index in [0.29, 0.717) is 6.04 Å². The van der Waals surface area contributed by atoms with Crippen LogP contribution in [-0.2, 0) is 5.54 Å². The number of hydrogen-bond donors (Lipinski definition) is 2. The van der Waals surface area contributed by atoms with Gasteiger partial charge in [0, 0.05) is 18.6 Å². The SMILES string of the molecule is CCCN(CC(CO)(NC1CC1)c1ccccc1)C1CC1. The lowest BCUT2D eigenvalue weighted by atomic mass is 9.89. The van der Waals surface area contributed by atoms with Gasteiger partial charge in [-0.25, -0.2) is 0 Å². The number of hydrogen-bond acceptors (Lipinski definition) is 3. The molecule has 0 bridgehead atoms. The van der Waals surface area contributed by atoms with Crippen LogP contribution in [0, 0.1) is 0 Å². The molecule has 3 nitrogen and oxygen atoms in total. The molecule has 2 aliphatic carbocycles. The molecule has 1 unspecified atom stereocenters. The third-order valence-corrected chi connectivity index (χ3v) is 4.70. The first-order valence-corrected chi connectivity index (χ1v) is 8.45. The summed E-state index contributed by atoms with van der Waals surface area (Å²) < 4.78 is 0. The fraction of sp³-hybridized carbons (Fsp3) is 0.667. The van der Waals surface area contributed by atoms with Crippen molar-refractivity contribution >= 4 is 0 Å². The van der Waals surface area contributed by atoms with Gasteiger partial charge in [0.1, 0.15) is 0 Å². The number of aliphatic hydroxyl groups excluding tert-OH is 1. The maximum Gasteiger partial charge on any atom is 0.0800 e. The topological polar surface area (TPSA) is 35.5 Å². The largest absolute Gasteiger partial charge is 0.394 e. The minimum absolute atomic E-state index is 0.167. The smallest absolute Gasteiger partial charge is 0.0800 e. The first-order valence-electron chi connectivity index (χ1n) is 8.45. The number of rotatable bonds is 9. The molecular formula is C18H28N2O. The predicted molar refractivity (Wildman–Crippen MR) is 86.2 cm³/mol. The molecule has 3 heteroatoms. The highest BCUT2D eigenvalue weighted by Gasteiger charge is 2.41. The lowest BCUT2D eigenvalue weighted by Gasteiger charge is -2.39. The Balaban J connectivity index is 1.82. The molecule has 0 heterocycles. The van der Waals surface area contributed by atoms with Crippen LogP contribution in [0.25, 0.3) is 0 Å². The molecule has 0 saturated heterocycles. The number of benzene rings is 1. The zero-order valence-corrected chi connectivity index (χ0v) is 13.1. The molecule has 0 aliphatic heterocycles. The van der Waals surface area contributed by atoms with Crippen molar-refractivity contribution in [2.45, 2.75) is 56.7 Å². The Morgan fingerprint density at radius 2 is 1.90 bits per heavy atom. The Morgan fingerprint density at radius 1 is 1.19 bits per heavy atom. The van der Waals surface area contributed by atoms with Gasteiger partial charge in [-0.05, 0) is 44.2 Å². The molecule has 1 aromatic rings. The highest BCUT2D eigenvalue weighted by Crippen LogP contribution is 2.33. The zero-order valence-electron chi connectivity index (χ0n) is 13.1. The molecule has 0 aromatic heterocycles. The van der Waals surface area contributed by atoms with Crippen LogP contribution in [0.1, 0.15) is 44.6 Å². The van der Waals surface area contributed by atoms with Crippen molar-refractivity contribution in [3.8, 4) is 0 Å². The molecule has 2 N–H and O–H groups in total. The van der Waals surface area contributed by atoms with Gasteiger partial charge in [-0.2, -0.15) is 0 Å². The Labute approximate surface area is 128 Å². The van der Waals surface area contributed by atoms with Crippen LogP contribution in [0.5, 0.6) is 0 Å². The van der Waals surface area contributed by atoms with Crippen molar-refractivity contribution in [1.29, 1.82) is 0 Å². The molecule has 3 rings (SSSR count). The molecule has 0 radical (unpaired) electrons. The third-order valence-electron chi connectivity index (χ3n) is 4.70. The second kappa shape index (κ2) is 6.47. The molecule has 21 heavy (non-hydrogen) atoms. The summed E-state index contributed by atoms with van der Waals surface area (Å²) in [6.07, 6.45) is 6.30. The average Bonchev–Trinajstić information content (AvgIpc) is 3.39. The van der Waals surface area contributed by atoms with Crippen LogP contribution in [0.15, 0.2) is 30.3 Å². The summed E-state index contributed by atoms with van der Waals surface area (Å²) >= 11 is 0. The van der Waals surface area contributed by atoms with Crippen molar-refractivity contribution in [2.24, 2.45) is 0 Å². The van der Waals surface area contributed by atoms with Crippen LogP contribution in [0.2, 0.25) is 0 Å². The van der Waals surface area contributed by atoms with Crippen LogP contribution < -0.4 is 5.32 Å². The van der Waals surface area contributed by atoms with Gasteiger partial charge in [0.15, 0.2) is 0 Å². The van der Waals surface area contributed by atoms with Gasteiger partial charge >= 0.3 is 0 Å². The van der Waals surface area contributed by atoms with Crippen LogP contribution in [0.4, 0.5) is 0 Å². The number of nitrogens with one attached hydrogen (secondary N) is 1. The molecule has 0 amide bonds. The highest BCUT2D eigenvalue weighted by molar-refractivity contribution is 5.26. The maximum atomic E-state index is 10.2. The minimum atomic E-state index is -0.305. The fourth-order valence-corrected chi connectivity index (χ4v) is 3.25. The molecule has 2 aliphatic rings. The van der Waals surface area contributed by atoms with E-state index in [-0.39, 0.29) is 12.1 Å². The summed E-state index contributed by atoms with van der Waals surface area (Å²) in [7, 11) is 0. The summed E-state index contributed by atoms with van der Waals surface area (Å²) in [5.41, 5.74) is 0.918. The third kappa shape index (κ3) is 3.65. The maximum absolute atomic E-state index is 10.2. The Kier molecular flexibility index (Phi) is 4.63. The summed E-state index contributed by atoms with van der Waals surface area (Å²) in [4.78, 5) is 2.58. The van der Waals surface area contributed by atoms with E-state index in [0.717, 1.165) is 19.1 Å². The van der Waals surface area contributed by atoms with Crippen LogP contribution in [0.3, 0.4) is 0 Å². The van der Waals surface area contributed by atoms with Crippen LogP contribution in [-0.4, -0.2) is 41.8 Å². The van der Waals surface area contributed by atoms with Gasteiger partial charge in [0.25, 0.3) is 0 Å². The summed E-state index contributed by atoms with van der Waals surface area (Å²) in [5.74, 6) is 0. The molecule has 116 valence electrons. The summed E-state index contributed by atoms with van der Waals surface area (Å²) in [6.45, 7) is 4.46. The second-order valence-corrected chi connectivity index (χ2v) is 6.73. The van der Waals surface area contributed by atoms with Crippen LogP contribution >= 0.6 is 0 Å². The first kappa shape index (κ1) is 15.0. The van der Waals surface area contributed by atoms with E-state index >= 15 is 0 Å². The number of aliphatic hydroxyl groups is 1. The predicted octanol–water partition coefficient (Wildman–Crippen LogP) is 2.50. The zero-order chi connectivity index (χ0) is 14.7. The second-order valence-electron chi connectivity index (χ2n) is 6.73. The Bertz CT molecular complexity index is 442. The van der Waals surface area contributed by atoms with Crippen molar-refractivity contribution in [3.63, 3.8) is 0 Å². The molecule has 0 spiro atoms. The van der Waals surface area contributed by atoms with Gasteiger partial charge in [-0.15, -0.1) is 0 Å².